The number of carboxylic acid groups (broad SMARTS) is 1. The first-order chi connectivity index (χ1) is 19.1. The van der Waals surface area contributed by atoms with Gasteiger partial charge in [0.15, 0.2) is 0 Å². The largest absolute Gasteiger partial charge is 0.489 e. The molecule has 1 N–H and O–H groups in total. The van der Waals surface area contributed by atoms with Gasteiger partial charge in [-0.2, -0.15) is 13.2 Å². The van der Waals surface area contributed by atoms with Gasteiger partial charge >= 0.3 is 12.1 Å². The Balaban J connectivity index is 1.47. The Labute approximate surface area is 233 Å². The van der Waals surface area contributed by atoms with E-state index in [9.17, 15) is 23.1 Å². The van der Waals surface area contributed by atoms with Crippen molar-refractivity contribution in [1.82, 2.24) is 4.90 Å². The highest BCUT2D eigenvalue weighted by molar-refractivity contribution is 5.67. The number of aliphatic carboxylic acids is 1. The molecule has 0 unspecified atom stereocenters. The van der Waals surface area contributed by atoms with Crippen molar-refractivity contribution in [2.45, 2.75) is 81.6 Å². The number of hydrogen-bond acceptors (Lipinski definition) is 3. The quantitative estimate of drug-likeness (QED) is 0.334. The first kappa shape index (κ1) is 28.7. The van der Waals surface area contributed by atoms with Gasteiger partial charge in [0, 0.05) is 31.1 Å². The number of fused-ring (bicyclic) bond motifs is 1. The Morgan fingerprint density at radius 3 is 2.45 bits per heavy atom. The van der Waals surface area contributed by atoms with Gasteiger partial charge < -0.3 is 9.84 Å². The second kappa shape index (κ2) is 11.9. The van der Waals surface area contributed by atoms with Crippen molar-refractivity contribution < 1.29 is 32.2 Å². The summed E-state index contributed by atoms with van der Waals surface area (Å²) in [5.41, 5.74) is 0.705. The average molecular weight is 560 g/mol. The molecule has 3 atom stereocenters. The number of carboxylic acids is 1. The van der Waals surface area contributed by atoms with Crippen molar-refractivity contribution in [3.63, 3.8) is 0 Å². The Morgan fingerprint density at radius 2 is 1.75 bits per heavy atom. The average Bonchev–Trinajstić information content (AvgIpc) is 2.92. The minimum Gasteiger partial charge on any atom is -0.489 e. The minimum absolute atomic E-state index is 0.0205. The van der Waals surface area contributed by atoms with E-state index in [0.717, 1.165) is 53.8 Å². The lowest BCUT2D eigenvalue weighted by Crippen LogP contribution is -2.50. The number of hydrogen-bond donors (Lipinski definition) is 1. The van der Waals surface area contributed by atoms with Crippen LogP contribution in [0, 0.1) is 5.92 Å². The highest BCUT2D eigenvalue weighted by Gasteiger charge is 2.41. The number of halogens is 4. The highest BCUT2D eigenvalue weighted by Crippen LogP contribution is 2.43. The summed E-state index contributed by atoms with van der Waals surface area (Å²) >= 11 is 0. The van der Waals surface area contributed by atoms with Crippen LogP contribution in [0.15, 0.2) is 54.1 Å². The van der Waals surface area contributed by atoms with Gasteiger partial charge in [0.25, 0.3) is 0 Å². The predicted octanol–water partition coefficient (Wildman–Crippen LogP) is 7.88. The molecular weight excluding hydrogens is 522 g/mol. The van der Waals surface area contributed by atoms with Gasteiger partial charge in [-0.3, -0.25) is 9.69 Å². The van der Waals surface area contributed by atoms with Gasteiger partial charge in [0.2, 0.25) is 0 Å². The first-order valence-corrected chi connectivity index (χ1v) is 14.3. The molecule has 40 heavy (non-hydrogen) atoms. The fraction of sp³-hybridized carbons (Fsp3) is 0.531. The van der Waals surface area contributed by atoms with Crippen LogP contribution in [-0.2, 0) is 11.0 Å². The van der Waals surface area contributed by atoms with Gasteiger partial charge in [0.1, 0.15) is 18.0 Å². The first-order valence-electron chi connectivity index (χ1n) is 14.3. The van der Waals surface area contributed by atoms with E-state index in [4.69, 9.17) is 4.74 Å². The molecule has 2 aromatic carbocycles. The van der Waals surface area contributed by atoms with Crippen LogP contribution in [0.3, 0.4) is 0 Å². The van der Waals surface area contributed by atoms with Crippen LogP contribution in [0.25, 0.3) is 6.08 Å². The van der Waals surface area contributed by atoms with Crippen LogP contribution in [-0.4, -0.2) is 47.4 Å². The zero-order valence-corrected chi connectivity index (χ0v) is 22.6. The summed E-state index contributed by atoms with van der Waals surface area (Å²) in [5, 5.41) is 9.46. The third-order valence-electron chi connectivity index (χ3n) is 8.85. The lowest BCUT2D eigenvalue weighted by Gasteiger charge is -2.46. The summed E-state index contributed by atoms with van der Waals surface area (Å²) in [7, 11) is 0. The fourth-order valence-electron chi connectivity index (χ4n) is 6.90. The van der Waals surface area contributed by atoms with E-state index in [1.807, 2.05) is 24.3 Å². The summed E-state index contributed by atoms with van der Waals surface area (Å²) < 4.78 is 62.2. The van der Waals surface area contributed by atoms with E-state index >= 15 is 4.39 Å². The molecule has 2 aliphatic carbocycles. The fourth-order valence-corrected chi connectivity index (χ4v) is 6.90. The molecule has 4 nitrogen and oxygen atoms in total. The van der Waals surface area contributed by atoms with Gasteiger partial charge in [-0.1, -0.05) is 49.6 Å². The maximum absolute atomic E-state index is 16.2. The summed E-state index contributed by atoms with van der Waals surface area (Å²) in [4.78, 5) is 13.7. The van der Waals surface area contributed by atoms with Crippen LogP contribution in [0.2, 0.25) is 0 Å². The van der Waals surface area contributed by atoms with Crippen LogP contribution in [0.5, 0.6) is 5.75 Å². The number of benzene rings is 2. The van der Waals surface area contributed by atoms with Crippen molar-refractivity contribution >= 4 is 12.0 Å². The molecule has 2 aromatic rings. The summed E-state index contributed by atoms with van der Waals surface area (Å²) in [6.07, 6.45) is 3.27. The SMILES string of the molecule is O=C(O)C[C@@H]1CC[C@@H](N(CC2=Cc3ccccc3OC2)CC2(F)CCCCC2)[C@H](c2ccc(C(F)(F)F)cc2)C1. The number of ether oxygens (including phenoxy) is 1. The molecule has 0 spiro atoms. The molecule has 1 heterocycles. The molecule has 3 aliphatic rings. The van der Waals surface area contributed by atoms with Gasteiger partial charge in [-0.25, -0.2) is 4.39 Å². The van der Waals surface area contributed by atoms with Crippen molar-refractivity contribution in [3.05, 3.63) is 70.8 Å². The molecule has 0 bridgehead atoms. The topological polar surface area (TPSA) is 49.8 Å². The molecule has 0 amide bonds. The molecular formula is C32H37F4NO3. The van der Waals surface area contributed by atoms with Crippen LogP contribution in [0.4, 0.5) is 17.6 Å². The Hall–Kier alpha value is -2.87. The lowest BCUT2D eigenvalue weighted by atomic mass is 9.72. The van der Waals surface area contributed by atoms with E-state index in [2.05, 4.69) is 11.0 Å². The van der Waals surface area contributed by atoms with E-state index in [0.29, 0.717) is 45.3 Å². The molecule has 0 radical (unpaired) electrons. The maximum Gasteiger partial charge on any atom is 0.416 e. The zero-order valence-electron chi connectivity index (χ0n) is 22.6. The van der Waals surface area contributed by atoms with E-state index in [1.165, 1.54) is 12.1 Å². The molecule has 5 rings (SSSR count). The molecule has 0 aromatic heterocycles. The normalized spacial score (nSPS) is 24.6. The molecule has 2 fully saturated rings. The van der Waals surface area contributed by atoms with Crippen LogP contribution >= 0.6 is 0 Å². The standard InChI is InChI=1S/C32H37F4NO3/c33-31(14-4-1-5-15-31)21-37(19-23-16-25-6-2-3-7-29(25)40-20-23)28-13-8-22(18-30(38)39)17-27(28)24-9-11-26(12-10-24)32(34,35)36/h2-3,6-7,9-12,16,22,27-28H,1,4-5,8,13-15,17-21H2,(H,38,39)/t22-,27+,28-/m1/s1. The summed E-state index contributed by atoms with van der Waals surface area (Å²) in [6, 6.07) is 12.9. The van der Waals surface area contributed by atoms with Crippen molar-refractivity contribution in [2.24, 2.45) is 5.92 Å². The lowest BCUT2D eigenvalue weighted by molar-refractivity contribution is -0.139. The van der Waals surface area contributed by atoms with Crippen molar-refractivity contribution in [1.29, 1.82) is 0 Å². The van der Waals surface area contributed by atoms with Gasteiger partial charge in [-0.05, 0) is 79.4 Å². The minimum atomic E-state index is -4.44. The second-order valence-electron chi connectivity index (χ2n) is 11.8. The molecule has 216 valence electrons. The zero-order chi connectivity index (χ0) is 28.3. The monoisotopic (exact) mass is 559 g/mol. The smallest absolute Gasteiger partial charge is 0.416 e. The van der Waals surface area contributed by atoms with Crippen LogP contribution in [0.1, 0.15) is 80.4 Å². The van der Waals surface area contributed by atoms with E-state index in [-0.39, 0.29) is 30.8 Å². The third-order valence-corrected chi connectivity index (χ3v) is 8.85. The van der Waals surface area contributed by atoms with E-state index < -0.39 is 23.4 Å². The Morgan fingerprint density at radius 1 is 1.02 bits per heavy atom. The van der Waals surface area contributed by atoms with Crippen LogP contribution < -0.4 is 4.74 Å². The van der Waals surface area contributed by atoms with Crippen molar-refractivity contribution in [3.8, 4) is 5.75 Å². The van der Waals surface area contributed by atoms with Crippen molar-refractivity contribution in [2.75, 3.05) is 19.7 Å². The Bertz CT molecular complexity index is 1200. The van der Waals surface area contributed by atoms with Gasteiger partial charge in [0.05, 0.1) is 5.56 Å². The molecule has 8 heteroatoms. The van der Waals surface area contributed by atoms with Gasteiger partial charge in [-0.15, -0.1) is 0 Å². The number of nitrogens with zero attached hydrogens (tertiary/aromatic N) is 1. The molecule has 2 saturated carbocycles. The number of rotatable bonds is 8. The second-order valence-corrected chi connectivity index (χ2v) is 11.8. The predicted molar refractivity (Wildman–Crippen MR) is 146 cm³/mol. The number of alkyl halides is 4. The summed E-state index contributed by atoms with van der Waals surface area (Å²) in [6.45, 7) is 1.13. The highest BCUT2D eigenvalue weighted by atomic mass is 19.4. The molecule has 0 saturated heterocycles. The number of carbonyl (C=O) groups is 1. The summed E-state index contributed by atoms with van der Waals surface area (Å²) in [5.74, 6) is -0.352. The number of para-hydroxylation sites is 1. The maximum atomic E-state index is 16.2. The van der Waals surface area contributed by atoms with E-state index in [1.54, 1.807) is 0 Å². The third kappa shape index (κ3) is 6.88. The molecule has 1 aliphatic heterocycles. The Kier molecular flexibility index (Phi) is 8.55.